The molecule has 1 aromatic carbocycles. The van der Waals surface area contributed by atoms with E-state index >= 15 is 0 Å². The Balaban J connectivity index is 1.62. The smallest absolute Gasteiger partial charge is 0.138 e. The van der Waals surface area contributed by atoms with Crippen molar-refractivity contribution >= 4 is 0 Å². The van der Waals surface area contributed by atoms with Gasteiger partial charge in [-0.25, -0.2) is 9.37 Å². The van der Waals surface area contributed by atoms with Crippen LogP contribution in [-0.2, 0) is 13.6 Å². The van der Waals surface area contributed by atoms with E-state index in [2.05, 4.69) is 9.88 Å². The molecule has 5 nitrogen and oxygen atoms in total. The van der Waals surface area contributed by atoms with Gasteiger partial charge in [-0.15, -0.1) is 0 Å². The predicted molar refractivity (Wildman–Crippen MR) is 75.3 cm³/mol. The van der Waals surface area contributed by atoms with Gasteiger partial charge >= 0.3 is 0 Å². The van der Waals surface area contributed by atoms with Gasteiger partial charge in [0.2, 0.25) is 0 Å². The number of β-amino-alcohol motifs (C(OH)–C–C–N with tert-alkyl or cyclic N) is 1. The summed E-state index contributed by atoms with van der Waals surface area (Å²) in [7, 11) is 1.94. The lowest BCUT2D eigenvalue weighted by atomic mass is 10.2. The number of ether oxygens (including phenoxy) is 1. The number of imidazole rings is 1. The van der Waals surface area contributed by atoms with Gasteiger partial charge in [-0.3, -0.25) is 4.90 Å². The fraction of sp³-hybridized carbons (Fsp3) is 0.400. The van der Waals surface area contributed by atoms with Gasteiger partial charge in [-0.2, -0.15) is 0 Å². The SMILES string of the molecule is Cn1ccnc1CN1C[C@@H](O)[C@H](Oc2cccc(F)c2)C1. The quantitative estimate of drug-likeness (QED) is 0.919. The van der Waals surface area contributed by atoms with E-state index in [9.17, 15) is 9.50 Å². The summed E-state index contributed by atoms with van der Waals surface area (Å²) in [6.45, 7) is 1.76. The van der Waals surface area contributed by atoms with Gasteiger partial charge in [0.1, 0.15) is 29.6 Å². The monoisotopic (exact) mass is 291 g/mol. The highest BCUT2D eigenvalue weighted by molar-refractivity contribution is 5.23. The normalized spacial score (nSPS) is 22.6. The zero-order chi connectivity index (χ0) is 14.8. The molecule has 0 aliphatic carbocycles. The van der Waals surface area contributed by atoms with Crippen LogP contribution in [0.3, 0.4) is 0 Å². The molecule has 2 aromatic rings. The molecule has 1 N–H and O–H groups in total. The Morgan fingerprint density at radius 3 is 3.00 bits per heavy atom. The molecule has 112 valence electrons. The lowest BCUT2D eigenvalue weighted by molar-refractivity contribution is 0.0734. The van der Waals surface area contributed by atoms with Crippen molar-refractivity contribution in [1.29, 1.82) is 0 Å². The van der Waals surface area contributed by atoms with Crippen LogP contribution in [0, 0.1) is 5.82 Å². The van der Waals surface area contributed by atoms with Crippen molar-refractivity contribution in [3.63, 3.8) is 0 Å². The lowest BCUT2D eigenvalue weighted by Gasteiger charge is -2.17. The maximum atomic E-state index is 13.1. The first-order chi connectivity index (χ1) is 10.1. The van der Waals surface area contributed by atoms with E-state index < -0.39 is 6.10 Å². The van der Waals surface area contributed by atoms with Crippen molar-refractivity contribution in [2.75, 3.05) is 13.1 Å². The molecule has 0 bridgehead atoms. The second-order valence-electron chi connectivity index (χ2n) is 5.33. The molecule has 1 aliphatic heterocycles. The van der Waals surface area contributed by atoms with Crippen molar-refractivity contribution in [2.24, 2.45) is 7.05 Å². The number of benzene rings is 1. The highest BCUT2D eigenvalue weighted by Gasteiger charge is 2.33. The highest BCUT2D eigenvalue weighted by Crippen LogP contribution is 2.20. The Labute approximate surface area is 122 Å². The van der Waals surface area contributed by atoms with Gasteiger partial charge in [-0.1, -0.05) is 6.07 Å². The number of aromatic nitrogens is 2. The Kier molecular flexibility index (Phi) is 3.90. The molecule has 2 heterocycles. The van der Waals surface area contributed by atoms with Crippen molar-refractivity contribution in [1.82, 2.24) is 14.5 Å². The van der Waals surface area contributed by atoms with Gasteiger partial charge in [0.25, 0.3) is 0 Å². The van der Waals surface area contributed by atoms with Crippen molar-refractivity contribution in [3.05, 3.63) is 48.3 Å². The molecule has 0 spiro atoms. The minimum atomic E-state index is -0.589. The molecular formula is C15H18FN3O2. The zero-order valence-electron chi connectivity index (χ0n) is 11.8. The van der Waals surface area contributed by atoms with E-state index in [-0.39, 0.29) is 11.9 Å². The predicted octanol–water partition coefficient (Wildman–Crippen LogP) is 1.18. The van der Waals surface area contributed by atoms with Crippen LogP contribution in [-0.4, -0.2) is 44.9 Å². The molecule has 0 unspecified atom stereocenters. The number of rotatable bonds is 4. The van der Waals surface area contributed by atoms with Gasteiger partial charge in [0.15, 0.2) is 0 Å². The molecule has 0 radical (unpaired) electrons. The minimum Gasteiger partial charge on any atom is -0.486 e. The maximum Gasteiger partial charge on any atom is 0.138 e. The van der Waals surface area contributed by atoms with Crippen molar-refractivity contribution in [2.45, 2.75) is 18.8 Å². The number of aliphatic hydroxyl groups excluding tert-OH is 1. The van der Waals surface area contributed by atoms with Gasteiger partial charge in [0.05, 0.1) is 6.54 Å². The molecule has 1 saturated heterocycles. The van der Waals surface area contributed by atoms with E-state index in [4.69, 9.17) is 4.74 Å². The Bertz CT molecular complexity index is 616. The lowest BCUT2D eigenvalue weighted by Crippen LogP contribution is -2.30. The maximum absolute atomic E-state index is 13.1. The topological polar surface area (TPSA) is 50.5 Å². The average molecular weight is 291 g/mol. The number of nitrogens with zero attached hydrogens (tertiary/aromatic N) is 3. The highest BCUT2D eigenvalue weighted by atomic mass is 19.1. The van der Waals surface area contributed by atoms with Crippen LogP contribution in [0.15, 0.2) is 36.7 Å². The van der Waals surface area contributed by atoms with E-state index in [1.807, 2.05) is 17.8 Å². The summed E-state index contributed by atoms with van der Waals surface area (Å²) >= 11 is 0. The third-order valence-electron chi connectivity index (χ3n) is 3.68. The number of aliphatic hydroxyl groups is 1. The van der Waals surface area contributed by atoms with Crippen LogP contribution in [0.4, 0.5) is 4.39 Å². The number of hydrogen-bond donors (Lipinski definition) is 1. The molecule has 0 saturated carbocycles. The molecule has 1 fully saturated rings. The largest absolute Gasteiger partial charge is 0.486 e. The Hall–Kier alpha value is -1.92. The van der Waals surface area contributed by atoms with E-state index in [1.54, 1.807) is 18.3 Å². The van der Waals surface area contributed by atoms with Crippen molar-refractivity contribution < 1.29 is 14.2 Å². The zero-order valence-corrected chi connectivity index (χ0v) is 11.8. The molecular weight excluding hydrogens is 273 g/mol. The number of aryl methyl sites for hydroxylation is 1. The van der Waals surface area contributed by atoms with Gasteiger partial charge < -0.3 is 14.4 Å². The summed E-state index contributed by atoms with van der Waals surface area (Å²) in [6, 6.07) is 5.98. The van der Waals surface area contributed by atoms with Gasteiger partial charge in [-0.05, 0) is 12.1 Å². The fourth-order valence-corrected chi connectivity index (χ4v) is 2.54. The van der Waals surface area contributed by atoms with Gasteiger partial charge in [0, 0.05) is 38.6 Å². The Morgan fingerprint density at radius 2 is 2.29 bits per heavy atom. The second-order valence-corrected chi connectivity index (χ2v) is 5.33. The van der Waals surface area contributed by atoms with E-state index in [1.165, 1.54) is 12.1 Å². The summed E-state index contributed by atoms with van der Waals surface area (Å²) in [5, 5.41) is 10.1. The van der Waals surface area contributed by atoms with E-state index in [0.29, 0.717) is 25.4 Å². The first-order valence-corrected chi connectivity index (χ1v) is 6.90. The third-order valence-corrected chi connectivity index (χ3v) is 3.68. The number of halogens is 1. The molecule has 21 heavy (non-hydrogen) atoms. The van der Waals surface area contributed by atoms with Crippen LogP contribution in [0.25, 0.3) is 0 Å². The number of hydrogen-bond acceptors (Lipinski definition) is 4. The summed E-state index contributed by atoms with van der Waals surface area (Å²) < 4.78 is 20.8. The Morgan fingerprint density at radius 1 is 1.43 bits per heavy atom. The molecule has 0 amide bonds. The molecule has 3 rings (SSSR count). The van der Waals surface area contributed by atoms with E-state index in [0.717, 1.165) is 5.82 Å². The van der Waals surface area contributed by atoms with Crippen LogP contribution in [0.2, 0.25) is 0 Å². The summed E-state index contributed by atoms with van der Waals surface area (Å²) in [4.78, 5) is 6.35. The molecule has 1 aliphatic rings. The first-order valence-electron chi connectivity index (χ1n) is 6.90. The van der Waals surface area contributed by atoms with Crippen LogP contribution in [0.1, 0.15) is 5.82 Å². The summed E-state index contributed by atoms with van der Waals surface area (Å²) in [5.74, 6) is 1.04. The van der Waals surface area contributed by atoms with Crippen LogP contribution >= 0.6 is 0 Å². The van der Waals surface area contributed by atoms with Crippen LogP contribution < -0.4 is 4.74 Å². The molecule has 2 atom stereocenters. The summed E-state index contributed by atoms with van der Waals surface area (Å²) in [5.41, 5.74) is 0. The molecule has 6 heteroatoms. The van der Waals surface area contributed by atoms with Crippen molar-refractivity contribution in [3.8, 4) is 5.75 Å². The molecule has 1 aromatic heterocycles. The fourth-order valence-electron chi connectivity index (χ4n) is 2.54. The minimum absolute atomic E-state index is 0.343. The second kappa shape index (κ2) is 5.83. The number of likely N-dealkylation sites (tertiary alicyclic amines) is 1. The third kappa shape index (κ3) is 3.22. The van der Waals surface area contributed by atoms with Crippen LogP contribution in [0.5, 0.6) is 5.75 Å². The first kappa shape index (κ1) is 14.0. The average Bonchev–Trinajstić information content (AvgIpc) is 2.98. The summed E-state index contributed by atoms with van der Waals surface area (Å²) in [6.07, 6.45) is 2.70. The standard InChI is InChI=1S/C15H18FN3O2/c1-18-6-5-17-15(18)10-19-8-13(20)14(9-19)21-12-4-2-3-11(16)7-12/h2-7,13-14,20H,8-10H2,1H3/t13-,14-/m1/s1.